The Bertz CT molecular complexity index is 822. The molecule has 6 nitrogen and oxygen atoms in total. The number of carbonyl (C=O) groups excluding carboxylic acids is 1. The molecule has 128 valence electrons. The molecule has 2 rings (SSSR count). The second-order valence-corrected chi connectivity index (χ2v) is 7.85. The van der Waals surface area contributed by atoms with Gasteiger partial charge in [0, 0.05) is 16.2 Å². The van der Waals surface area contributed by atoms with Gasteiger partial charge in [-0.15, -0.1) is 0 Å². The van der Waals surface area contributed by atoms with Crippen molar-refractivity contribution in [2.45, 2.75) is 0 Å². The number of sulfonamides is 1. The molecular weight excluding hydrogens is 396 g/mol. The van der Waals surface area contributed by atoms with Crippen molar-refractivity contribution in [3.8, 4) is 5.75 Å². The summed E-state index contributed by atoms with van der Waals surface area (Å²) in [6, 6.07) is 13.5. The van der Waals surface area contributed by atoms with Gasteiger partial charge in [-0.05, 0) is 36.4 Å². The van der Waals surface area contributed by atoms with Crippen LogP contribution in [-0.4, -0.2) is 34.2 Å². The SMILES string of the molecule is COc1cccc(NC(=O)CN(c2ccc(Br)cc2)S(C)(=O)=O)c1. The molecule has 1 N–H and O–H groups in total. The van der Waals surface area contributed by atoms with Crippen molar-refractivity contribution >= 4 is 43.2 Å². The zero-order valence-corrected chi connectivity index (χ0v) is 15.6. The number of halogens is 1. The van der Waals surface area contributed by atoms with Gasteiger partial charge in [0.1, 0.15) is 12.3 Å². The summed E-state index contributed by atoms with van der Waals surface area (Å²) >= 11 is 3.29. The number of benzene rings is 2. The van der Waals surface area contributed by atoms with Gasteiger partial charge in [-0.3, -0.25) is 9.10 Å². The fraction of sp³-hybridized carbons (Fsp3) is 0.188. The van der Waals surface area contributed by atoms with Crippen molar-refractivity contribution in [1.82, 2.24) is 0 Å². The second kappa shape index (κ2) is 7.67. The minimum Gasteiger partial charge on any atom is -0.497 e. The van der Waals surface area contributed by atoms with Gasteiger partial charge in [0.25, 0.3) is 0 Å². The topological polar surface area (TPSA) is 75.7 Å². The Kier molecular flexibility index (Phi) is 5.84. The molecule has 0 saturated carbocycles. The third-order valence-electron chi connectivity index (χ3n) is 3.16. The van der Waals surface area contributed by atoms with Gasteiger partial charge < -0.3 is 10.1 Å². The van der Waals surface area contributed by atoms with Crippen LogP contribution in [0.5, 0.6) is 5.75 Å². The number of ether oxygens (including phenoxy) is 1. The largest absolute Gasteiger partial charge is 0.497 e. The summed E-state index contributed by atoms with van der Waals surface area (Å²) in [5.41, 5.74) is 0.949. The van der Waals surface area contributed by atoms with Gasteiger partial charge >= 0.3 is 0 Å². The van der Waals surface area contributed by atoms with E-state index in [2.05, 4.69) is 21.2 Å². The summed E-state index contributed by atoms with van der Waals surface area (Å²) in [7, 11) is -2.07. The maximum absolute atomic E-state index is 12.2. The van der Waals surface area contributed by atoms with Crippen molar-refractivity contribution in [3.05, 3.63) is 53.0 Å². The average Bonchev–Trinajstić information content (AvgIpc) is 2.53. The van der Waals surface area contributed by atoms with Crippen LogP contribution in [0.25, 0.3) is 0 Å². The highest BCUT2D eigenvalue weighted by Crippen LogP contribution is 2.21. The van der Waals surface area contributed by atoms with E-state index in [0.29, 0.717) is 17.1 Å². The summed E-state index contributed by atoms with van der Waals surface area (Å²) in [5, 5.41) is 2.67. The summed E-state index contributed by atoms with van der Waals surface area (Å²) < 4.78 is 31.0. The van der Waals surface area contributed by atoms with E-state index in [1.54, 1.807) is 48.5 Å². The molecule has 2 aromatic rings. The third kappa shape index (κ3) is 4.97. The second-order valence-electron chi connectivity index (χ2n) is 5.03. The predicted octanol–water partition coefficient (Wildman–Crippen LogP) is 2.86. The molecule has 0 bridgehead atoms. The van der Waals surface area contributed by atoms with Crippen molar-refractivity contribution in [2.75, 3.05) is 29.5 Å². The lowest BCUT2D eigenvalue weighted by molar-refractivity contribution is -0.114. The quantitative estimate of drug-likeness (QED) is 0.791. The molecule has 0 atom stereocenters. The molecule has 0 aromatic heterocycles. The normalized spacial score (nSPS) is 11.0. The van der Waals surface area contributed by atoms with E-state index in [9.17, 15) is 13.2 Å². The third-order valence-corrected chi connectivity index (χ3v) is 4.82. The Morgan fingerprint density at radius 1 is 1.21 bits per heavy atom. The molecule has 2 aromatic carbocycles. The maximum Gasteiger partial charge on any atom is 0.245 e. The number of carbonyl (C=O) groups is 1. The highest BCUT2D eigenvalue weighted by molar-refractivity contribution is 9.10. The van der Waals surface area contributed by atoms with E-state index in [4.69, 9.17) is 4.74 Å². The lowest BCUT2D eigenvalue weighted by atomic mass is 10.3. The van der Waals surface area contributed by atoms with Gasteiger partial charge in [-0.2, -0.15) is 0 Å². The minimum absolute atomic E-state index is 0.322. The van der Waals surface area contributed by atoms with Crippen molar-refractivity contribution in [1.29, 1.82) is 0 Å². The summed E-state index contributed by atoms with van der Waals surface area (Å²) in [6.45, 7) is -0.322. The maximum atomic E-state index is 12.2. The van der Waals surface area contributed by atoms with E-state index in [1.165, 1.54) is 7.11 Å². The average molecular weight is 413 g/mol. The van der Waals surface area contributed by atoms with Crippen LogP contribution in [0.2, 0.25) is 0 Å². The summed E-state index contributed by atoms with van der Waals surface area (Å²) in [4.78, 5) is 12.2. The summed E-state index contributed by atoms with van der Waals surface area (Å²) in [6.07, 6.45) is 1.06. The van der Waals surface area contributed by atoms with Crippen LogP contribution in [0.3, 0.4) is 0 Å². The number of anilines is 2. The smallest absolute Gasteiger partial charge is 0.245 e. The van der Waals surface area contributed by atoms with E-state index in [0.717, 1.165) is 15.0 Å². The van der Waals surface area contributed by atoms with Crippen LogP contribution in [0.1, 0.15) is 0 Å². The van der Waals surface area contributed by atoms with Gasteiger partial charge in [0.05, 0.1) is 19.1 Å². The van der Waals surface area contributed by atoms with Crippen LogP contribution >= 0.6 is 15.9 Å². The number of amides is 1. The highest BCUT2D eigenvalue weighted by atomic mass is 79.9. The molecule has 8 heteroatoms. The molecule has 0 heterocycles. The Balaban J connectivity index is 2.17. The van der Waals surface area contributed by atoms with Gasteiger partial charge in [0.2, 0.25) is 15.9 Å². The Morgan fingerprint density at radius 3 is 2.46 bits per heavy atom. The van der Waals surface area contributed by atoms with E-state index >= 15 is 0 Å². The molecule has 0 aliphatic carbocycles. The number of hydrogen-bond acceptors (Lipinski definition) is 4. The Morgan fingerprint density at radius 2 is 1.88 bits per heavy atom. The first-order chi connectivity index (χ1) is 11.3. The fourth-order valence-corrected chi connectivity index (χ4v) is 3.16. The molecule has 0 saturated heterocycles. The van der Waals surface area contributed by atoms with Gasteiger partial charge in [-0.25, -0.2) is 8.42 Å². The van der Waals surface area contributed by atoms with Gasteiger partial charge in [0.15, 0.2) is 0 Å². The van der Waals surface area contributed by atoms with Crippen LogP contribution in [0.15, 0.2) is 53.0 Å². The molecule has 0 unspecified atom stereocenters. The zero-order valence-electron chi connectivity index (χ0n) is 13.2. The first-order valence-electron chi connectivity index (χ1n) is 6.97. The van der Waals surface area contributed by atoms with E-state index in [-0.39, 0.29) is 6.54 Å². The molecule has 0 spiro atoms. The highest BCUT2D eigenvalue weighted by Gasteiger charge is 2.20. The lowest BCUT2D eigenvalue weighted by Gasteiger charge is -2.22. The number of nitrogens with one attached hydrogen (secondary N) is 1. The van der Waals surface area contributed by atoms with E-state index < -0.39 is 15.9 Å². The predicted molar refractivity (Wildman–Crippen MR) is 98.0 cm³/mol. The van der Waals surface area contributed by atoms with Crippen LogP contribution < -0.4 is 14.4 Å². The Hall–Kier alpha value is -2.06. The standard InChI is InChI=1S/C16H17BrN2O4S/c1-23-15-5-3-4-13(10-15)18-16(20)11-19(24(2,21)22)14-8-6-12(17)7-9-14/h3-10H,11H2,1-2H3,(H,18,20). The van der Waals surface area contributed by atoms with Crippen LogP contribution in [-0.2, 0) is 14.8 Å². The van der Waals surface area contributed by atoms with Crippen LogP contribution in [0, 0.1) is 0 Å². The molecule has 0 radical (unpaired) electrons. The van der Waals surface area contributed by atoms with Crippen LogP contribution in [0.4, 0.5) is 11.4 Å². The Labute approximate surface area is 149 Å². The number of hydrogen-bond donors (Lipinski definition) is 1. The number of nitrogens with zero attached hydrogens (tertiary/aromatic N) is 1. The lowest BCUT2D eigenvalue weighted by Crippen LogP contribution is -2.37. The van der Waals surface area contributed by atoms with E-state index in [1.807, 2.05) is 0 Å². The van der Waals surface area contributed by atoms with Crippen molar-refractivity contribution in [2.24, 2.45) is 0 Å². The minimum atomic E-state index is -3.60. The molecule has 0 fully saturated rings. The first-order valence-corrected chi connectivity index (χ1v) is 9.61. The molecule has 0 aliphatic heterocycles. The fourth-order valence-electron chi connectivity index (χ4n) is 2.04. The molecule has 0 aliphatic rings. The van der Waals surface area contributed by atoms with Crippen molar-refractivity contribution in [3.63, 3.8) is 0 Å². The van der Waals surface area contributed by atoms with Gasteiger partial charge in [-0.1, -0.05) is 22.0 Å². The molecule has 1 amide bonds. The zero-order chi connectivity index (χ0) is 17.7. The molecular formula is C16H17BrN2O4S. The first kappa shape index (κ1) is 18.3. The summed E-state index contributed by atoms with van der Waals surface area (Å²) in [5.74, 6) is 0.150. The monoisotopic (exact) mass is 412 g/mol. The number of rotatable bonds is 6. The van der Waals surface area contributed by atoms with Crippen molar-refractivity contribution < 1.29 is 17.9 Å². The molecule has 24 heavy (non-hydrogen) atoms. The number of methoxy groups -OCH3 is 1.